The molecule has 2 aromatic carbocycles. The molecule has 0 saturated heterocycles. The third-order valence-electron chi connectivity index (χ3n) is 5.52. The summed E-state index contributed by atoms with van der Waals surface area (Å²) < 4.78 is 0. The van der Waals surface area contributed by atoms with Crippen molar-refractivity contribution in [2.45, 2.75) is 45.1 Å². The van der Waals surface area contributed by atoms with E-state index < -0.39 is 5.97 Å². The number of carboxylic acid groups (broad SMARTS) is 1. The number of anilines is 1. The molecule has 1 aliphatic carbocycles. The number of amidine groups is 2. The van der Waals surface area contributed by atoms with Gasteiger partial charge in [0.1, 0.15) is 5.54 Å². The fraction of sp³-hybridized carbons (Fsp3) is 0.348. The lowest BCUT2D eigenvalue weighted by molar-refractivity contribution is -0.133. The summed E-state index contributed by atoms with van der Waals surface area (Å²) in [6, 6.07) is 16.5. The minimum absolute atomic E-state index is 0. The Morgan fingerprint density at radius 1 is 1.13 bits per heavy atom. The Morgan fingerprint density at radius 3 is 2.47 bits per heavy atom. The smallest absolute Gasteiger partial charge is 0.313 e. The van der Waals surface area contributed by atoms with Crippen LogP contribution in [0.2, 0.25) is 0 Å². The van der Waals surface area contributed by atoms with Gasteiger partial charge in [-0.05, 0) is 56.5 Å². The summed E-state index contributed by atoms with van der Waals surface area (Å²) in [5, 5.41) is 9.96. The molecule has 0 atom stereocenters. The van der Waals surface area contributed by atoms with E-state index in [1.165, 1.54) is 17.3 Å². The van der Waals surface area contributed by atoms with Crippen molar-refractivity contribution in [1.29, 1.82) is 0 Å². The zero-order valence-corrected chi connectivity index (χ0v) is 20.3. The predicted molar refractivity (Wildman–Crippen MR) is 136 cm³/mol. The van der Waals surface area contributed by atoms with Crippen molar-refractivity contribution in [3.8, 4) is 0 Å². The number of carbonyl (C=O) groups is 1. The van der Waals surface area contributed by atoms with Gasteiger partial charge in [0, 0.05) is 5.69 Å². The highest BCUT2D eigenvalue weighted by Crippen LogP contribution is 2.45. The van der Waals surface area contributed by atoms with Crippen LogP contribution in [0.3, 0.4) is 0 Å². The quantitative estimate of drug-likeness (QED) is 0.491. The number of benzene rings is 2. The monoisotopic (exact) mass is 535 g/mol. The summed E-state index contributed by atoms with van der Waals surface area (Å²) in [5.74, 6) is -0.0604. The Morgan fingerprint density at radius 2 is 1.83 bits per heavy atom. The number of carboxylic acids is 1. The van der Waals surface area contributed by atoms with Gasteiger partial charge in [0.2, 0.25) is 0 Å². The summed E-state index contributed by atoms with van der Waals surface area (Å²) in [4.78, 5) is 23.3. The van der Waals surface area contributed by atoms with Gasteiger partial charge in [0.25, 0.3) is 0 Å². The SMILES string of the molecule is Cc1ccc(N2C(SCC(=O)O)=NC(=Nc3cccc(C)c3)C23CCCC3)cc1.I. The number of aliphatic carboxylic acids is 1. The van der Waals surface area contributed by atoms with E-state index in [0.717, 1.165) is 53.6 Å². The molecule has 0 bridgehead atoms. The van der Waals surface area contributed by atoms with E-state index in [1.807, 2.05) is 12.1 Å². The zero-order valence-electron chi connectivity index (χ0n) is 17.2. The van der Waals surface area contributed by atoms with E-state index in [1.54, 1.807) is 0 Å². The molecule has 158 valence electrons. The second-order valence-electron chi connectivity index (χ2n) is 7.76. The van der Waals surface area contributed by atoms with E-state index in [0.29, 0.717) is 0 Å². The second kappa shape index (κ2) is 9.51. The van der Waals surface area contributed by atoms with Gasteiger partial charge in [-0.2, -0.15) is 0 Å². The number of aliphatic imine (C=N–C) groups is 2. The van der Waals surface area contributed by atoms with Gasteiger partial charge in [-0.25, -0.2) is 9.98 Å². The first-order valence-corrected chi connectivity index (χ1v) is 10.9. The van der Waals surface area contributed by atoms with Crippen molar-refractivity contribution < 1.29 is 9.90 Å². The third-order valence-corrected chi connectivity index (χ3v) is 6.44. The van der Waals surface area contributed by atoms with Gasteiger partial charge in [-0.15, -0.1) is 24.0 Å². The molecule has 30 heavy (non-hydrogen) atoms. The van der Waals surface area contributed by atoms with Crippen molar-refractivity contribution in [2.24, 2.45) is 9.98 Å². The summed E-state index contributed by atoms with van der Waals surface area (Å²) in [6.45, 7) is 4.12. The van der Waals surface area contributed by atoms with E-state index >= 15 is 0 Å². The number of halogens is 1. The molecule has 1 saturated carbocycles. The number of nitrogens with zero attached hydrogens (tertiary/aromatic N) is 3. The zero-order chi connectivity index (χ0) is 20.4. The summed E-state index contributed by atoms with van der Waals surface area (Å²) >= 11 is 1.27. The fourth-order valence-corrected chi connectivity index (χ4v) is 4.97. The van der Waals surface area contributed by atoms with Gasteiger partial charge in [0.05, 0.1) is 11.4 Å². The molecular formula is C23H26IN3O2S. The summed E-state index contributed by atoms with van der Waals surface area (Å²) in [6.07, 6.45) is 4.15. The van der Waals surface area contributed by atoms with E-state index in [2.05, 4.69) is 55.1 Å². The predicted octanol–water partition coefficient (Wildman–Crippen LogP) is 5.96. The Hall–Kier alpha value is -1.87. The van der Waals surface area contributed by atoms with Crippen molar-refractivity contribution in [2.75, 3.05) is 10.7 Å². The Kier molecular flexibility index (Phi) is 7.23. The van der Waals surface area contributed by atoms with Crippen LogP contribution in [-0.2, 0) is 4.79 Å². The number of hydrogen-bond donors (Lipinski definition) is 1. The van der Waals surface area contributed by atoms with Crippen LogP contribution in [0.5, 0.6) is 0 Å². The standard InChI is InChI=1S/C23H25N3O2S.HI/c1-16-8-10-19(11-9-16)26-22(29-15-20(27)28)25-21(23(26)12-3-4-13-23)24-18-7-5-6-17(2)14-18;/h5-11,14H,3-4,12-13,15H2,1-2H3,(H,27,28);1H. The number of hydrogen-bond acceptors (Lipinski definition) is 4. The number of aryl methyl sites for hydroxylation is 2. The van der Waals surface area contributed by atoms with Gasteiger partial charge < -0.3 is 10.0 Å². The summed E-state index contributed by atoms with van der Waals surface area (Å²) in [5.41, 5.74) is 3.98. The second-order valence-corrected chi connectivity index (χ2v) is 8.70. The highest BCUT2D eigenvalue weighted by atomic mass is 127. The van der Waals surface area contributed by atoms with Crippen LogP contribution in [0.1, 0.15) is 36.8 Å². The Labute approximate surface area is 198 Å². The molecule has 5 nitrogen and oxygen atoms in total. The third kappa shape index (κ3) is 4.56. The molecule has 2 aromatic rings. The van der Waals surface area contributed by atoms with Gasteiger partial charge in [-0.3, -0.25) is 4.79 Å². The van der Waals surface area contributed by atoms with Crippen LogP contribution >= 0.6 is 35.7 Å². The minimum atomic E-state index is -0.842. The fourth-order valence-electron chi connectivity index (χ4n) is 4.16. The van der Waals surface area contributed by atoms with Crippen LogP contribution < -0.4 is 4.90 Å². The topological polar surface area (TPSA) is 65.3 Å². The highest BCUT2D eigenvalue weighted by Gasteiger charge is 2.51. The molecule has 1 fully saturated rings. The molecule has 0 aromatic heterocycles. The number of thioether (sulfide) groups is 1. The molecule has 1 spiro atoms. The Balaban J connectivity index is 0.00000256. The van der Waals surface area contributed by atoms with Gasteiger partial charge in [0.15, 0.2) is 11.0 Å². The van der Waals surface area contributed by atoms with Crippen LogP contribution in [0.4, 0.5) is 11.4 Å². The minimum Gasteiger partial charge on any atom is -0.481 e. The maximum Gasteiger partial charge on any atom is 0.313 e. The normalized spacial score (nSPS) is 18.5. The van der Waals surface area contributed by atoms with E-state index in [9.17, 15) is 9.90 Å². The van der Waals surface area contributed by atoms with E-state index in [4.69, 9.17) is 9.98 Å². The van der Waals surface area contributed by atoms with Crippen LogP contribution in [0, 0.1) is 13.8 Å². The van der Waals surface area contributed by atoms with Crippen LogP contribution in [0.15, 0.2) is 58.5 Å². The lowest BCUT2D eigenvalue weighted by Gasteiger charge is -2.36. The molecule has 0 unspecified atom stereocenters. The Bertz CT molecular complexity index is 982. The van der Waals surface area contributed by atoms with Gasteiger partial charge in [-0.1, -0.05) is 54.4 Å². The summed E-state index contributed by atoms with van der Waals surface area (Å²) in [7, 11) is 0. The van der Waals surface area contributed by atoms with Crippen molar-refractivity contribution in [3.05, 3.63) is 59.7 Å². The largest absolute Gasteiger partial charge is 0.481 e. The van der Waals surface area contributed by atoms with Gasteiger partial charge >= 0.3 is 5.97 Å². The van der Waals surface area contributed by atoms with E-state index in [-0.39, 0.29) is 35.3 Å². The highest BCUT2D eigenvalue weighted by molar-refractivity contribution is 14.0. The first-order valence-electron chi connectivity index (χ1n) is 9.94. The molecule has 1 N–H and O–H groups in total. The van der Waals surface area contributed by atoms with Crippen LogP contribution in [-0.4, -0.2) is 33.4 Å². The van der Waals surface area contributed by atoms with Crippen LogP contribution in [0.25, 0.3) is 0 Å². The lowest BCUT2D eigenvalue weighted by Crippen LogP contribution is -2.49. The number of rotatable bonds is 4. The maximum absolute atomic E-state index is 11.2. The average molecular weight is 535 g/mol. The lowest BCUT2D eigenvalue weighted by atomic mass is 9.94. The molecular weight excluding hydrogens is 509 g/mol. The molecule has 2 aliphatic rings. The molecule has 0 amide bonds. The van der Waals surface area contributed by atoms with Crippen molar-refractivity contribution in [3.63, 3.8) is 0 Å². The van der Waals surface area contributed by atoms with Crippen molar-refractivity contribution in [1.82, 2.24) is 0 Å². The first kappa shape index (κ1) is 22.8. The maximum atomic E-state index is 11.2. The molecule has 4 rings (SSSR count). The average Bonchev–Trinajstić information content (AvgIpc) is 3.28. The first-order chi connectivity index (χ1) is 14.0. The molecule has 1 heterocycles. The molecule has 7 heteroatoms. The molecule has 1 aliphatic heterocycles. The van der Waals surface area contributed by atoms with Crippen molar-refractivity contribution >= 4 is 64.1 Å². The molecule has 0 radical (unpaired) electrons.